The van der Waals surface area contributed by atoms with Crippen molar-refractivity contribution in [3.05, 3.63) is 47.9 Å². The summed E-state index contributed by atoms with van der Waals surface area (Å²) in [7, 11) is 1.60. The number of fused-ring (bicyclic) bond motifs is 1. The molecule has 0 fully saturated rings. The van der Waals surface area contributed by atoms with E-state index >= 15 is 0 Å². The molecular weight excluding hydrogens is 294 g/mol. The molecular formula is C18H21NO4. The third-order valence-corrected chi connectivity index (χ3v) is 4.04. The maximum atomic E-state index is 12.1. The van der Waals surface area contributed by atoms with Gasteiger partial charge in [0.15, 0.2) is 11.5 Å². The van der Waals surface area contributed by atoms with Crippen molar-refractivity contribution in [2.75, 3.05) is 13.7 Å². The summed E-state index contributed by atoms with van der Waals surface area (Å²) in [6, 6.07) is 9.42. The second-order valence-electron chi connectivity index (χ2n) is 5.56. The van der Waals surface area contributed by atoms with Crippen LogP contribution in [0, 0.1) is 0 Å². The van der Waals surface area contributed by atoms with Gasteiger partial charge in [-0.05, 0) is 31.0 Å². The van der Waals surface area contributed by atoms with Crippen molar-refractivity contribution >= 4 is 5.91 Å². The van der Waals surface area contributed by atoms with E-state index in [1.807, 2.05) is 30.3 Å². The molecule has 2 aromatic rings. The number of carbonyl (C=O) groups excluding carboxylic acids is 1. The molecule has 5 heteroatoms. The molecule has 1 unspecified atom stereocenters. The Labute approximate surface area is 135 Å². The highest BCUT2D eigenvalue weighted by molar-refractivity contribution is 5.76. The SMILES string of the molecule is COc1ccccc1OCCC(=O)NC1CCCc2occc21. The Morgan fingerprint density at radius 1 is 1.30 bits per heavy atom. The Hall–Kier alpha value is -2.43. The zero-order valence-corrected chi connectivity index (χ0v) is 13.2. The molecule has 0 aliphatic heterocycles. The standard InChI is InChI=1S/C18H21NO4/c1-21-16-6-2-3-7-17(16)23-12-10-18(20)19-14-5-4-8-15-13(14)9-11-22-15/h2-3,6-7,9,11,14H,4-5,8,10,12H2,1H3,(H,19,20). The molecule has 23 heavy (non-hydrogen) atoms. The van der Waals surface area contributed by atoms with Crippen LogP contribution in [-0.2, 0) is 11.2 Å². The number of rotatable bonds is 6. The van der Waals surface area contributed by atoms with Crippen LogP contribution in [0.5, 0.6) is 11.5 Å². The first-order valence-electron chi connectivity index (χ1n) is 7.89. The van der Waals surface area contributed by atoms with Crippen LogP contribution in [0.1, 0.15) is 36.6 Å². The van der Waals surface area contributed by atoms with Crippen LogP contribution in [0.3, 0.4) is 0 Å². The van der Waals surface area contributed by atoms with Crippen LogP contribution in [0.4, 0.5) is 0 Å². The minimum Gasteiger partial charge on any atom is -0.493 e. The molecule has 122 valence electrons. The molecule has 1 aliphatic rings. The number of para-hydroxylation sites is 2. The van der Waals surface area contributed by atoms with Crippen molar-refractivity contribution in [2.24, 2.45) is 0 Å². The Bertz CT molecular complexity index is 665. The monoisotopic (exact) mass is 315 g/mol. The Morgan fingerprint density at radius 3 is 2.96 bits per heavy atom. The van der Waals surface area contributed by atoms with E-state index in [0.29, 0.717) is 24.5 Å². The highest BCUT2D eigenvalue weighted by Gasteiger charge is 2.23. The molecule has 1 aromatic heterocycles. The zero-order valence-electron chi connectivity index (χ0n) is 13.2. The van der Waals surface area contributed by atoms with E-state index in [0.717, 1.165) is 30.6 Å². The van der Waals surface area contributed by atoms with Gasteiger partial charge in [-0.25, -0.2) is 0 Å². The van der Waals surface area contributed by atoms with Gasteiger partial charge in [0.2, 0.25) is 5.91 Å². The van der Waals surface area contributed by atoms with Crippen molar-refractivity contribution in [2.45, 2.75) is 31.7 Å². The van der Waals surface area contributed by atoms with E-state index < -0.39 is 0 Å². The van der Waals surface area contributed by atoms with Gasteiger partial charge in [-0.2, -0.15) is 0 Å². The first-order valence-corrected chi connectivity index (χ1v) is 7.89. The summed E-state index contributed by atoms with van der Waals surface area (Å²) in [5.41, 5.74) is 1.11. The van der Waals surface area contributed by atoms with E-state index in [1.165, 1.54) is 0 Å². The Morgan fingerprint density at radius 2 is 2.13 bits per heavy atom. The number of hydrogen-bond acceptors (Lipinski definition) is 4. The number of carbonyl (C=O) groups is 1. The smallest absolute Gasteiger partial charge is 0.223 e. The van der Waals surface area contributed by atoms with Crippen LogP contribution in [0.15, 0.2) is 41.0 Å². The van der Waals surface area contributed by atoms with E-state index in [9.17, 15) is 4.79 Å². The van der Waals surface area contributed by atoms with Crippen molar-refractivity contribution in [3.63, 3.8) is 0 Å². The summed E-state index contributed by atoms with van der Waals surface area (Å²) >= 11 is 0. The molecule has 1 heterocycles. The predicted octanol–water partition coefficient (Wildman–Crippen LogP) is 3.25. The number of nitrogens with one attached hydrogen (secondary N) is 1. The van der Waals surface area contributed by atoms with Gasteiger partial charge < -0.3 is 19.2 Å². The van der Waals surface area contributed by atoms with Gasteiger partial charge >= 0.3 is 0 Å². The Kier molecular flexibility index (Phi) is 4.86. The first kappa shape index (κ1) is 15.5. The molecule has 3 rings (SSSR count). The average Bonchev–Trinajstić information content (AvgIpc) is 3.05. The number of ether oxygens (including phenoxy) is 2. The van der Waals surface area contributed by atoms with Gasteiger partial charge in [-0.1, -0.05) is 12.1 Å². The Balaban J connectivity index is 1.49. The van der Waals surface area contributed by atoms with Crippen molar-refractivity contribution in [3.8, 4) is 11.5 Å². The molecule has 0 radical (unpaired) electrons. The molecule has 0 spiro atoms. The molecule has 1 aliphatic carbocycles. The maximum Gasteiger partial charge on any atom is 0.223 e. The topological polar surface area (TPSA) is 60.7 Å². The van der Waals surface area contributed by atoms with Gasteiger partial charge in [0.25, 0.3) is 0 Å². The second-order valence-corrected chi connectivity index (χ2v) is 5.56. The van der Waals surface area contributed by atoms with Crippen LogP contribution < -0.4 is 14.8 Å². The van der Waals surface area contributed by atoms with Crippen LogP contribution >= 0.6 is 0 Å². The predicted molar refractivity (Wildman–Crippen MR) is 85.6 cm³/mol. The molecule has 1 amide bonds. The fourth-order valence-corrected chi connectivity index (χ4v) is 2.89. The van der Waals surface area contributed by atoms with Gasteiger partial charge in [0.1, 0.15) is 5.76 Å². The van der Waals surface area contributed by atoms with E-state index in [4.69, 9.17) is 13.9 Å². The molecule has 0 saturated carbocycles. The normalized spacial score (nSPS) is 16.5. The number of benzene rings is 1. The third kappa shape index (κ3) is 3.67. The summed E-state index contributed by atoms with van der Waals surface area (Å²) in [6.07, 6.45) is 4.93. The average molecular weight is 315 g/mol. The first-order chi connectivity index (χ1) is 11.3. The lowest BCUT2D eigenvalue weighted by Gasteiger charge is -2.22. The van der Waals surface area contributed by atoms with E-state index in [-0.39, 0.29) is 11.9 Å². The van der Waals surface area contributed by atoms with Crippen molar-refractivity contribution < 1.29 is 18.7 Å². The molecule has 1 atom stereocenters. The maximum absolute atomic E-state index is 12.1. The molecule has 5 nitrogen and oxygen atoms in total. The quantitative estimate of drug-likeness (QED) is 0.889. The summed E-state index contributed by atoms with van der Waals surface area (Å²) in [5.74, 6) is 2.30. The minimum absolute atomic E-state index is 0.0149. The number of hydrogen-bond donors (Lipinski definition) is 1. The van der Waals surface area contributed by atoms with Crippen molar-refractivity contribution in [1.29, 1.82) is 0 Å². The summed E-state index contributed by atoms with van der Waals surface area (Å²) in [4.78, 5) is 12.1. The summed E-state index contributed by atoms with van der Waals surface area (Å²) < 4.78 is 16.3. The lowest BCUT2D eigenvalue weighted by Crippen LogP contribution is -2.31. The lowest BCUT2D eigenvalue weighted by atomic mass is 9.93. The van der Waals surface area contributed by atoms with Crippen LogP contribution in [0.25, 0.3) is 0 Å². The highest BCUT2D eigenvalue weighted by atomic mass is 16.5. The number of amides is 1. The number of methoxy groups -OCH3 is 1. The van der Waals surface area contributed by atoms with Gasteiger partial charge in [0, 0.05) is 12.0 Å². The number of furan rings is 1. The van der Waals surface area contributed by atoms with Gasteiger partial charge in [-0.3, -0.25) is 4.79 Å². The fourth-order valence-electron chi connectivity index (χ4n) is 2.89. The third-order valence-electron chi connectivity index (χ3n) is 4.04. The minimum atomic E-state index is -0.0149. The summed E-state index contributed by atoms with van der Waals surface area (Å²) in [5, 5.41) is 3.07. The number of aryl methyl sites for hydroxylation is 1. The molecule has 1 N–H and O–H groups in total. The molecule has 0 saturated heterocycles. The fraction of sp³-hybridized carbons (Fsp3) is 0.389. The largest absolute Gasteiger partial charge is 0.493 e. The lowest BCUT2D eigenvalue weighted by molar-refractivity contribution is -0.122. The van der Waals surface area contributed by atoms with Gasteiger partial charge in [-0.15, -0.1) is 0 Å². The van der Waals surface area contributed by atoms with E-state index in [1.54, 1.807) is 13.4 Å². The molecule has 0 bridgehead atoms. The highest BCUT2D eigenvalue weighted by Crippen LogP contribution is 2.30. The van der Waals surface area contributed by atoms with Crippen LogP contribution in [-0.4, -0.2) is 19.6 Å². The second kappa shape index (κ2) is 7.22. The summed E-state index contributed by atoms with van der Waals surface area (Å²) in [6.45, 7) is 0.317. The zero-order chi connectivity index (χ0) is 16.1. The van der Waals surface area contributed by atoms with E-state index in [2.05, 4.69) is 5.32 Å². The van der Waals surface area contributed by atoms with Crippen molar-refractivity contribution in [1.82, 2.24) is 5.32 Å². The van der Waals surface area contributed by atoms with Crippen LogP contribution in [0.2, 0.25) is 0 Å². The van der Waals surface area contributed by atoms with Gasteiger partial charge in [0.05, 0.1) is 32.4 Å². The molecule has 1 aromatic carbocycles.